The molecule has 9 nitrogen and oxygen atoms in total. The number of aliphatic hydroxyl groups is 2. The number of rotatable bonds is 7. The van der Waals surface area contributed by atoms with Gasteiger partial charge in [-0.2, -0.15) is 0 Å². The Labute approximate surface area is 254 Å². The van der Waals surface area contributed by atoms with Crippen LogP contribution in [0.2, 0.25) is 0 Å². The number of thiazole rings is 1. The fraction of sp³-hybridized carbons (Fsp3) is 0.750. The summed E-state index contributed by atoms with van der Waals surface area (Å²) in [5.41, 5.74) is 0.0220. The predicted octanol–water partition coefficient (Wildman–Crippen LogP) is 4.76. The number of carbonyl (C=O) groups is 3. The average molecular weight is 607 g/mol. The number of aliphatic hydroxyl groups excluding tert-OH is 2. The van der Waals surface area contributed by atoms with Crippen molar-refractivity contribution in [2.75, 3.05) is 6.54 Å². The van der Waals surface area contributed by atoms with Gasteiger partial charge >= 0.3 is 5.97 Å². The van der Waals surface area contributed by atoms with Gasteiger partial charge in [0.1, 0.15) is 11.9 Å². The zero-order chi connectivity index (χ0) is 31.2. The van der Waals surface area contributed by atoms with Crippen LogP contribution in [0.4, 0.5) is 0 Å². The second kappa shape index (κ2) is 14.6. The number of hydrogen-bond donors (Lipinski definition) is 3. The first kappa shape index (κ1) is 34.4. The molecule has 1 amide bonds. The predicted molar refractivity (Wildman–Crippen MR) is 163 cm³/mol. The van der Waals surface area contributed by atoms with E-state index in [2.05, 4.69) is 17.2 Å². The number of amides is 1. The van der Waals surface area contributed by atoms with Crippen molar-refractivity contribution in [3.05, 3.63) is 21.7 Å². The molecule has 2 fully saturated rings. The van der Waals surface area contributed by atoms with Crippen molar-refractivity contribution in [1.82, 2.24) is 10.3 Å². The molecular weight excluding hydrogens is 556 g/mol. The summed E-state index contributed by atoms with van der Waals surface area (Å²) in [6.07, 6.45) is 3.33. The van der Waals surface area contributed by atoms with Crippen LogP contribution in [0.25, 0.3) is 6.08 Å². The van der Waals surface area contributed by atoms with Gasteiger partial charge in [-0.15, -0.1) is 11.3 Å². The van der Waals surface area contributed by atoms with Crippen LogP contribution in [0.1, 0.15) is 104 Å². The second-order valence-corrected chi connectivity index (χ2v) is 14.1. The Hall–Kier alpha value is -2.14. The maximum atomic E-state index is 13.9. The van der Waals surface area contributed by atoms with Gasteiger partial charge in [0.2, 0.25) is 5.91 Å². The lowest BCUT2D eigenvalue weighted by Crippen LogP contribution is -2.46. The highest BCUT2D eigenvalue weighted by atomic mass is 32.1. The van der Waals surface area contributed by atoms with Gasteiger partial charge in [0, 0.05) is 31.2 Å². The van der Waals surface area contributed by atoms with Crippen LogP contribution in [-0.4, -0.2) is 69.4 Å². The van der Waals surface area contributed by atoms with Gasteiger partial charge in [0.25, 0.3) is 0 Å². The Morgan fingerprint density at radius 1 is 1.21 bits per heavy atom. The van der Waals surface area contributed by atoms with E-state index in [1.54, 1.807) is 25.2 Å². The van der Waals surface area contributed by atoms with Crippen molar-refractivity contribution in [1.29, 1.82) is 0 Å². The van der Waals surface area contributed by atoms with Crippen molar-refractivity contribution in [2.24, 2.45) is 17.3 Å². The summed E-state index contributed by atoms with van der Waals surface area (Å²) >= 11 is 1.55. The number of hydrogen-bond acceptors (Lipinski definition) is 9. The quantitative estimate of drug-likeness (QED) is 0.229. The summed E-state index contributed by atoms with van der Waals surface area (Å²) in [6, 6.07) is 0. The van der Waals surface area contributed by atoms with Crippen LogP contribution in [0.15, 0.2) is 11.0 Å². The van der Waals surface area contributed by atoms with Gasteiger partial charge in [-0.3, -0.25) is 14.4 Å². The molecule has 0 spiro atoms. The van der Waals surface area contributed by atoms with Crippen LogP contribution in [0, 0.1) is 24.2 Å². The third-order valence-electron chi connectivity index (χ3n) is 9.07. The fourth-order valence-corrected chi connectivity index (χ4v) is 6.49. The van der Waals surface area contributed by atoms with Crippen molar-refractivity contribution in [3.8, 4) is 0 Å². The van der Waals surface area contributed by atoms with Crippen molar-refractivity contribution < 1.29 is 34.1 Å². The van der Waals surface area contributed by atoms with Gasteiger partial charge < -0.3 is 25.0 Å². The minimum absolute atomic E-state index is 0.0803. The maximum absolute atomic E-state index is 13.9. The molecule has 0 aliphatic carbocycles. The van der Waals surface area contributed by atoms with E-state index >= 15 is 0 Å². The number of nitrogens with one attached hydrogen (secondary N) is 1. The summed E-state index contributed by atoms with van der Waals surface area (Å²) in [7, 11) is 0. The lowest BCUT2D eigenvalue weighted by atomic mass is 9.71. The summed E-state index contributed by atoms with van der Waals surface area (Å²) in [5.74, 6) is -1.81. The minimum Gasteiger partial charge on any atom is -0.458 e. The first-order chi connectivity index (χ1) is 19.6. The van der Waals surface area contributed by atoms with Crippen LogP contribution in [0.3, 0.4) is 0 Å². The Balaban J connectivity index is 1.83. The number of esters is 1. The molecule has 3 N–H and O–H groups in total. The second-order valence-electron chi connectivity index (χ2n) is 13.1. The number of fused-ring (bicyclic) bond motifs is 1. The smallest absolute Gasteiger partial charge is 0.309 e. The van der Waals surface area contributed by atoms with E-state index in [1.165, 1.54) is 6.92 Å². The molecule has 3 heterocycles. The molecule has 42 heavy (non-hydrogen) atoms. The molecule has 10 heteroatoms. The molecule has 2 saturated heterocycles. The highest BCUT2D eigenvalue weighted by Gasteiger charge is 2.53. The Morgan fingerprint density at radius 2 is 1.93 bits per heavy atom. The molecule has 236 valence electrons. The topological polar surface area (TPSA) is 138 Å². The van der Waals surface area contributed by atoms with Gasteiger partial charge in [-0.05, 0) is 64.0 Å². The first-order valence-electron chi connectivity index (χ1n) is 15.3. The third-order valence-corrected chi connectivity index (χ3v) is 9.86. The highest BCUT2D eigenvalue weighted by Crippen LogP contribution is 2.45. The van der Waals surface area contributed by atoms with Gasteiger partial charge in [-0.1, -0.05) is 33.6 Å². The summed E-state index contributed by atoms with van der Waals surface area (Å²) < 4.78 is 12.1. The number of nitrogens with zero attached hydrogens (tertiary/aromatic N) is 1. The van der Waals surface area contributed by atoms with Gasteiger partial charge in [0.05, 0.1) is 46.5 Å². The highest BCUT2D eigenvalue weighted by molar-refractivity contribution is 7.09. The molecule has 0 aromatic carbocycles. The number of cyclic esters (lactones) is 1. The van der Waals surface area contributed by atoms with E-state index in [0.29, 0.717) is 32.2 Å². The number of carbonyl (C=O) groups excluding carboxylic acids is 3. The Bertz CT molecular complexity index is 1130. The average Bonchev–Trinajstić information content (AvgIpc) is 3.35. The SMILES string of the molecule is CC(=O)NCCCC[C@H]1C(=O)C(C)(C)[C@@H](O)CC(=O)OC(/C(C)=C/c2csc(C)n2)C[C@@H]2OC2(C)CCC[C@H](C)[C@@H]1O. The summed E-state index contributed by atoms with van der Waals surface area (Å²) in [6.45, 7) is 13.1. The number of ether oxygens (including phenoxy) is 2. The van der Waals surface area contributed by atoms with E-state index < -0.39 is 35.6 Å². The van der Waals surface area contributed by atoms with E-state index in [4.69, 9.17) is 9.47 Å². The van der Waals surface area contributed by atoms with Crippen molar-refractivity contribution in [3.63, 3.8) is 0 Å². The zero-order valence-electron chi connectivity index (χ0n) is 26.3. The number of epoxide rings is 1. The Kier molecular flexibility index (Phi) is 11.9. The largest absolute Gasteiger partial charge is 0.458 e. The number of ketones is 1. The van der Waals surface area contributed by atoms with Crippen molar-refractivity contribution >= 4 is 35.1 Å². The van der Waals surface area contributed by atoms with Gasteiger partial charge in [-0.25, -0.2) is 4.98 Å². The summed E-state index contributed by atoms with van der Waals surface area (Å²) in [5, 5.41) is 28.2. The molecule has 1 aromatic rings. The molecule has 1 aromatic heterocycles. The number of Topliss-reactive ketones (excluding diaryl/α,β-unsaturated/α-hetero) is 1. The molecule has 3 rings (SSSR count). The Morgan fingerprint density at radius 3 is 2.57 bits per heavy atom. The maximum Gasteiger partial charge on any atom is 0.309 e. The molecule has 0 saturated carbocycles. The summed E-state index contributed by atoms with van der Waals surface area (Å²) in [4.78, 5) is 42.8. The molecule has 7 atom stereocenters. The molecule has 0 radical (unpaired) electrons. The fourth-order valence-electron chi connectivity index (χ4n) is 5.92. The normalized spacial score (nSPS) is 33.0. The van der Waals surface area contributed by atoms with Crippen LogP contribution in [0.5, 0.6) is 0 Å². The lowest BCUT2D eigenvalue weighted by Gasteiger charge is -2.36. The standard InChI is InChI=1S/C32H50N2O7S/c1-19-11-10-13-32(7)27(41-32)16-25(20(2)15-23-18-42-22(4)34-23)40-28(37)17-26(36)31(5,6)30(39)24(29(19)38)12-8-9-14-33-21(3)35/h15,18-19,24-27,29,36,38H,8-14,16-17H2,1-7H3,(H,33,35)/b20-15+/t19-,24+,25?,26-,27-,29-,32?/m0/s1. The number of unbranched alkanes of at least 4 members (excludes halogenated alkanes) is 1. The molecular formula is C32H50N2O7S. The number of aromatic nitrogens is 1. The van der Waals surface area contributed by atoms with Gasteiger partial charge in [0.15, 0.2) is 0 Å². The molecule has 2 unspecified atom stereocenters. The molecule has 0 bridgehead atoms. The van der Waals surface area contributed by atoms with E-state index in [0.717, 1.165) is 35.5 Å². The lowest BCUT2D eigenvalue weighted by molar-refractivity contribution is -0.155. The minimum atomic E-state index is -1.29. The zero-order valence-corrected chi connectivity index (χ0v) is 27.1. The van der Waals surface area contributed by atoms with Crippen molar-refractivity contribution in [2.45, 2.75) is 130 Å². The van der Waals surface area contributed by atoms with Crippen LogP contribution >= 0.6 is 11.3 Å². The monoisotopic (exact) mass is 606 g/mol. The van der Waals surface area contributed by atoms with E-state index in [9.17, 15) is 24.6 Å². The first-order valence-corrected chi connectivity index (χ1v) is 16.1. The van der Waals surface area contributed by atoms with E-state index in [1.807, 2.05) is 32.2 Å². The number of aryl methyl sites for hydroxylation is 1. The molecule has 2 aliphatic heterocycles. The van der Waals surface area contributed by atoms with E-state index in [-0.39, 0.29) is 35.7 Å². The molecule has 2 aliphatic rings. The third kappa shape index (κ3) is 9.18. The van der Waals surface area contributed by atoms with Crippen LogP contribution < -0.4 is 5.32 Å². The van der Waals surface area contributed by atoms with Crippen LogP contribution in [-0.2, 0) is 23.9 Å².